The fourth-order valence-corrected chi connectivity index (χ4v) is 3.76. The molecule has 1 fully saturated rings. The lowest BCUT2D eigenvalue weighted by atomic mass is 10.0. The van der Waals surface area contributed by atoms with Crippen LogP contribution in [0.3, 0.4) is 0 Å². The van der Waals surface area contributed by atoms with Gasteiger partial charge < -0.3 is 15.2 Å². The summed E-state index contributed by atoms with van der Waals surface area (Å²) in [5, 5.41) is 11.8. The Hall–Kier alpha value is -1.32. The van der Waals surface area contributed by atoms with E-state index in [0.717, 1.165) is 67.9 Å². The minimum Gasteiger partial charge on any atom is -0.361 e. The predicted molar refractivity (Wildman–Crippen MR) is 129 cm³/mol. The van der Waals surface area contributed by atoms with Gasteiger partial charge in [0, 0.05) is 49.9 Å². The fraction of sp³-hybridized carbons (Fsp3) is 0.524. The highest BCUT2D eigenvalue weighted by Gasteiger charge is 2.20. The van der Waals surface area contributed by atoms with Crippen molar-refractivity contribution < 1.29 is 4.52 Å². The van der Waals surface area contributed by atoms with Gasteiger partial charge in [0.05, 0.1) is 5.69 Å². The summed E-state index contributed by atoms with van der Waals surface area (Å²) in [6, 6.07) is 8.59. The SMILES string of the molecule is CN=C(NCCc1c(C)noc1C)NC1CCN(Cc2ccc(Cl)cc2)CC1.I. The highest BCUT2D eigenvalue weighted by atomic mass is 127. The number of halogens is 2. The monoisotopic (exact) mass is 531 g/mol. The number of nitrogens with one attached hydrogen (secondary N) is 2. The van der Waals surface area contributed by atoms with E-state index in [9.17, 15) is 0 Å². The van der Waals surface area contributed by atoms with E-state index in [4.69, 9.17) is 16.1 Å². The Kier molecular flexibility index (Phi) is 9.71. The number of aryl methyl sites for hydroxylation is 2. The minimum atomic E-state index is 0. The van der Waals surface area contributed by atoms with Crippen molar-refractivity contribution in [1.29, 1.82) is 0 Å². The number of hydrogen-bond acceptors (Lipinski definition) is 4. The maximum absolute atomic E-state index is 5.97. The zero-order chi connectivity index (χ0) is 19.9. The van der Waals surface area contributed by atoms with E-state index in [-0.39, 0.29) is 24.0 Å². The van der Waals surface area contributed by atoms with E-state index in [2.05, 4.69) is 37.8 Å². The third kappa shape index (κ3) is 7.15. The van der Waals surface area contributed by atoms with Crippen LogP contribution in [0.5, 0.6) is 0 Å². The summed E-state index contributed by atoms with van der Waals surface area (Å²) in [5.41, 5.74) is 3.46. The Morgan fingerprint density at radius 2 is 1.93 bits per heavy atom. The van der Waals surface area contributed by atoms with Crippen molar-refractivity contribution in [2.24, 2.45) is 4.99 Å². The minimum absolute atomic E-state index is 0. The molecule has 29 heavy (non-hydrogen) atoms. The zero-order valence-corrected chi connectivity index (χ0v) is 20.5. The Labute approximate surface area is 195 Å². The third-order valence-electron chi connectivity index (χ3n) is 5.32. The summed E-state index contributed by atoms with van der Waals surface area (Å²) in [7, 11) is 1.82. The Morgan fingerprint density at radius 1 is 1.24 bits per heavy atom. The van der Waals surface area contributed by atoms with Gasteiger partial charge in [0.1, 0.15) is 5.76 Å². The molecule has 3 rings (SSSR count). The van der Waals surface area contributed by atoms with E-state index in [0.29, 0.717) is 6.04 Å². The highest BCUT2D eigenvalue weighted by Crippen LogP contribution is 2.16. The standard InChI is InChI=1S/C21H30ClN5O.HI/c1-15-20(16(2)28-26-15)8-11-24-21(23-3)25-19-9-12-27(13-10-19)14-17-4-6-18(22)7-5-17;/h4-7,19H,8-14H2,1-3H3,(H2,23,24,25);1H. The van der Waals surface area contributed by atoms with Gasteiger partial charge in [0.25, 0.3) is 0 Å². The van der Waals surface area contributed by atoms with E-state index in [1.54, 1.807) is 0 Å². The molecule has 1 aliphatic heterocycles. The Morgan fingerprint density at radius 3 is 2.52 bits per heavy atom. The first-order valence-electron chi connectivity index (χ1n) is 9.91. The second-order valence-corrected chi connectivity index (χ2v) is 7.81. The molecule has 0 amide bonds. The van der Waals surface area contributed by atoms with Gasteiger partial charge in [-0.1, -0.05) is 28.9 Å². The molecular formula is C21H31ClIN5O. The number of aromatic nitrogens is 1. The maximum Gasteiger partial charge on any atom is 0.191 e. The van der Waals surface area contributed by atoms with Crippen LogP contribution >= 0.6 is 35.6 Å². The van der Waals surface area contributed by atoms with Crippen molar-refractivity contribution in [3.05, 3.63) is 51.9 Å². The smallest absolute Gasteiger partial charge is 0.191 e. The molecule has 0 radical (unpaired) electrons. The lowest BCUT2D eigenvalue weighted by Crippen LogP contribution is -2.48. The van der Waals surface area contributed by atoms with Crippen molar-refractivity contribution in [3.63, 3.8) is 0 Å². The van der Waals surface area contributed by atoms with E-state index >= 15 is 0 Å². The largest absolute Gasteiger partial charge is 0.361 e. The van der Waals surface area contributed by atoms with E-state index in [1.807, 2.05) is 33.0 Å². The van der Waals surface area contributed by atoms with Crippen LogP contribution in [-0.2, 0) is 13.0 Å². The molecule has 1 saturated heterocycles. The van der Waals surface area contributed by atoms with Crippen molar-refractivity contribution >= 4 is 41.5 Å². The molecule has 1 aromatic heterocycles. The van der Waals surface area contributed by atoms with Crippen LogP contribution in [-0.4, -0.2) is 48.7 Å². The van der Waals surface area contributed by atoms with Gasteiger partial charge in [-0.05, 0) is 50.8 Å². The highest BCUT2D eigenvalue weighted by molar-refractivity contribution is 14.0. The van der Waals surface area contributed by atoms with Gasteiger partial charge in [0.2, 0.25) is 0 Å². The first kappa shape index (κ1) is 24.0. The Balaban J connectivity index is 0.00000300. The fourth-order valence-electron chi connectivity index (χ4n) is 3.64. The van der Waals surface area contributed by atoms with Gasteiger partial charge in [-0.2, -0.15) is 0 Å². The molecule has 6 nitrogen and oxygen atoms in total. The van der Waals surface area contributed by atoms with Crippen molar-refractivity contribution in [2.75, 3.05) is 26.7 Å². The van der Waals surface area contributed by atoms with Crippen LogP contribution in [0, 0.1) is 13.8 Å². The average Bonchev–Trinajstić information content (AvgIpc) is 3.02. The summed E-state index contributed by atoms with van der Waals surface area (Å²) in [5.74, 6) is 1.76. The van der Waals surface area contributed by atoms with Crippen LogP contribution < -0.4 is 10.6 Å². The molecule has 2 heterocycles. The lowest BCUT2D eigenvalue weighted by Gasteiger charge is -2.33. The molecule has 0 spiro atoms. The summed E-state index contributed by atoms with van der Waals surface area (Å²) in [6.07, 6.45) is 3.09. The van der Waals surface area contributed by atoms with Gasteiger partial charge in [0.15, 0.2) is 5.96 Å². The Bertz CT molecular complexity index is 765. The van der Waals surface area contributed by atoms with Crippen LogP contribution in [0.4, 0.5) is 0 Å². The summed E-state index contributed by atoms with van der Waals surface area (Å²) in [4.78, 5) is 6.87. The topological polar surface area (TPSA) is 65.7 Å². The van der Waals surface area contributed by atoms with E-state index in [1.165, 1.54) is 11.1 Å². The van der Waals surface area contributed by atoms with Crippen LogP contribution in [0.1, 0.15) is 35.4 Å². The number of aliphatic imine (C=N–C) groups is 1. The van der Waals surface area contributed by atoms with Gasteiger partial charge in [-0.25, -0.2) is 0 Å². The summed E-state index contributed by atoms with van der Waals surface area (Å²) in [6.45, 7) is 7.88. The van der Waals surface area contributed by atoms with Gasteiger partial charge >= 0.3 is 0 Å². The maximum atomic E-state index is 5.97. The van der Waals surface area contributed by atoms with Crippen LogP contribution in [0.15, 0.2) is 33.8 Å². The number of guanidine groups is 1. The number of nitrogens with zero attached hydrogens (tertiary/aromatic N) is 3. The molecule has 1 aliphatic rings. The quantitative estimate of drug-likeness (QED) is 0.336. The van der Waals surface area contributed by atoms with Crippen molar-refractivity contribution in [1.82, 2.24) is 20.7 Å². The van der Waals surface area contributed by atoms with Crippen LogP contribution in [0.2, 0.25) is 5.02 Å². The molecule has 0 unspecified atom stereocenters. The van der Waals surface area contributed by atoms with Crippen LogP contribution in [0.25, 0.3) is 0 Å². The summed E-state index contributed by atoms with van der Waals surface area (Å²) >= 11 is 5.97. The molecule has 160 valence electrons. The first-order chi connectivity index (χ1) is 13.5. The molecule has 1 aromatic carbocycles. The number of likely N-dealkylation sites (tertiary alicyclic amines) is 1. The molecule has 0 aliphatic carbocycles. The second kappa shape index (κ2) is 11.8. The normalized spacial score (nSPS) is 15.8. The first-order valence-corrected chi connectivity index (χ1v) is 10.3. The molecule has 0 saturated carbocycles. The summed E-state index contributed by atoms with van der Waals surface area (Å²) < 4.78 is 5.22. The van der Waals surface area contributed by atoms with Gasteiger partial charge in [-0.3, -0.25) is 9.89 Å². The second-order valence-electron chi connectivity index (χ2n) is 7.37. The van der Waals surface area contributed by atoms with E-state index < -0.39 is 0 Å². The molecule has 0 atom stereocenters. The van der Waals surface area contributed by atoms with Gasteiger partial charge in [-0.15, -0.1) is 24.0 Å². The van der Waals surface area contributed by atoms with Crippen molar-refractivity contribution in [2.45, 2.75) is 45.7 Å². The molecule has 0 bridgehead atoms. The molecule has 2 aromatic rings. The lowest BCUT2D eigenvalue weighted by molar-refractivity contribution is 0.198. The third-order valence-corrected chi connectivity index (χ3v) is 5.57. The number of piperidine rings is 1. The average molecular weight is 532 g/mol. The predicted octanol–water partition coefficient (Wildman–Crippen LogP) is 3.93. The zero-order valence-electron chi connectivity index (χ0n) is 17.4. The molecule has 2 N–H and O–H groups in total. The molecular weight excluding hydrogens is 501 g/mol. The van der Waals surface area contributed by atoms with Crippen molar-refractivity contribution in [3.8, 4) is 0 Å². The number of rotatable bonds is 6. The number of hydrogen-bond donors (Lipinski definition) is 2. The molecule has 8 heteroatoms. The number of benzene rings is 1.